The number of aryl methyl sites for hydroxylation is 1. The third-order valence-electron chi connectivity index (χ3n) is 7.44. The molecule has 8 nitrogen and oxygen atoms in total. The summed E-state index contributed by atoms with van der Waals surface area (Å²) >= 11 is 0. The fourth-order valence-electron chi connectivity index (χ4n) is 5.39. The summed E-state index contributed by atoms with van der Waals surface area (Å²) in [4.78, 5) is 36.1. The van der Waals surface area contributed by atoms with Gasteiger partial charge in [0.1, 0.15) is 17.3 Å². The van der Waals surface area contributed by atoms with Gasteiger partial charge in [-0.05, 0) is 55.0 Å². The zero-order valence-corrected chi connectivity index (χ0v) is 23.1. The van der Waals surface area contributed by atoms with Crippen molar-refractivity contribution in [2.24, 2.45) is 0 Å². The molecular formula is C33H31N5O3. The van der Waals surface area contributed by atoms with E-state index in [2.05, 4.69) is 20.1 Å². The van der Waals surface area contributed by atoms with Crippen LogP contribution in [0.25, 0.3) is 16.6 Å². The fourth-order valence-corrected chi connectivity index (χ4v) is 5.39. The number of ether oxygens (including phenoxy) is 1. The molecule has 0 saturated carbocycles. The van der Waals surface area contributed by atoms with Crippen molar-refractivity contribution < 1.29 is 14.3 Å². The minimum absolute atomic E-state index is 0.328. The molecule has 1 amide bonds. The number of amides is 1. The number of carbonyl (C=O) groups is 2. The second kappa shape index (κ2) is 11.2. The van der Waals surface area contributed by atoms with Gasteiger partial charge in [-0.15, -0.1) is 0 Å². The van der Waals surface area contributed by atoms with Crippen LogP contribution in [0.15, 0.2) is 97.2 Å². The summed E-state index contributed by atoms with van der Waals surface area (Å²) in [5.41, 5.74) is 5.19. The quantitative estimate of drug-likeness (QED) is 0.216. The smallest absolute Gasteiger partial charge is 0.298 e. The molecule has 1 saturated heterocycles. The van der Waals surface area contributed by atoms with Gasteiger partial charge in [0.05, 0.1) is 12.8 Å². The molecule has 3 aromatic heterocycles. The number of nitrogens with zero attached hydrogens (tertiary/aromatic N) is 4. The van der Waals surface area contributed by atoms with Crippen LogP contribution in [0, 0.1) is 6.92 Å². The van der Waals surface area contributed by atoms with Crippen LogP contribution in [0.5, 0.6) is 5.75 Å². The standard InChI is InChI=1S/C33H31N5O3/c1-23-9-8-13-30(34-23)37-19-17-36(18-20-37)28-15-14-25(21-29(28)41-2)35-33(40)32(39)31-27(24-10-4-3-5-11-24)22-26-12-6-7-16-38(26)31/h3-16,21-22H,17-20H2,1-2H3,(H,35,40). The normalized spacial score (nSPS) is 13.3. The van der Waals surface area contributed by atoms with Crippen molar-refractivity contribution in [2.45, 2.75) is 6.92 Å². The summed E-state index contributed by atoms with van der Waals surface area (Å²) in [5, 5.41) is 2.80. The van der Waals surface area contributed by atoms with E-state index in [1.807, 2.05) is 91.9 Å². The Labute approximate surface area is 238 Å². The number of piperazine rings is 1. The number of nitrogens with one attached hydrogen (secondary N) is 1. The molecule has 1 aliphatic heterocycles. The molecule has 41 heavy (non-hydrogen) atoms. The highest BCUT2D eigenvalue weighted by atomic mass is 16.5. The molecule has 206 valence electrons. The molecule has 1 fully saturated rings. The van der Waals surface area contributed by atoms with E-state index in [0.717, 1.165) is 54.5 Å². The lowest BCUT2D eigenvalue weighted by molar-refractivity contribution is -0.112. The van der Waals surface area contributed by atoms with Crippen LogP contribution in [0.2, 0.25) is 0 Å². The van der Waals surface area contributed by atoms with Crippen molar-refractivity contribution in [3.05, 3.63) is 109 Å². The number of Topliss-reactive ketones (excluding diaryl/α,β-unsaturated/α-hetero) is 1. The van der Waals surface area contributed by atoms with Crippen LogP contribution < -0.4 is 19.9 Å². The van der Waals surface area contributed by atoms with Crippen LogP contribution in [0.3, 0.4) is 0 Å². The van der Waals surface area contributed by atoms with Gasteiger partial charge in [0.15, 0.2) is 0 Å². The molecule has 5 aromatic rings. The highest BCUT2D eigenvalue weighted by Crippen LogP contribution is 2.33. The maximum Gasteiger partial charge on any atom is 0.298 e. The van der Waals surface area contributed by atoms with Gasteiger partial charge < -0.3 is 24.3 Å². The van der Waals surface area contributed by atoms with E-state index in [0.29, 0.717) is 22.7 Å². The number of aromatic nitrogens is 2. The Hall–Kier alpha value is -5.11. The predicted molar refractivity (Wildman–Crippen MR) is 162 cm³/mol. The van der Waals surface area contributed by atoms with Gasteiger partial charge in [-0.1, -0.05) is 42.5 Å². The third kappa shape index (κ3) is 5.24. The lowest BCUT2D eigenvalue weighted by Gasteiger charge is -2.37. The number of pyridine rings is 2. The van der Waals surface area contributed by atoms with Crippen LogP contribution in [0.1, 0.15) is 16.2 Å². The zero-order valence-electron chi connectivity index (χ0n) is 23.1. The number of hydrogen-bond acceptors (Lipinski definition) is 6. The average molecular weight is 546 g/mol. The molecule has 0 bridgehead atoms. The zero-order chi connectivity index (χ0) is 28.3. The highest BCUT2D eigenvalue weighted by Gasteiger charge is 2.26. The highest BCUT2D eigenvalue weighted by molar-refractivity contribution is 6.47. The molecule has 6 rings (SSSR count). The third-order valence-corrected chi connectivity index (χ3v) is 7.44. The SMILES string of the molecule is COc1cc(NC(=O)C(=O)c2c(-c3ccccc3)cc3ccccn23)ccc1N1CCN(c2cccc(C)n2)CC1. The molecule has 0 atom stereocenters. The maximum atomic E-state index is 13.6. The molecule has 0 unspecified atom stereocenters. The van der Waals surface area contributed by atoms with Crippen molar-refractivity contribution in [2.75, 3.05) is 48.4 Å². The summed E-state index contributed by atoms with van der Waals surface area (Å²) in [7, 11) is 1.61. The van der Waals surface area contributed by atoms with E-state index < -0.39 is 11.7 Å². The van der Waals surface area contributed by atoms with Crippen molar-refractivity contribution in [3.63, 3.8) is 0 Å². The van der Waals surface area contributed by atoms with Gasteiger partial charge in [0.25, 0.3) is 11.7 Å². The molecule has 1 aliphatic rings. The number of benzene rings is 2. The molecular weight excluding hydrogens is 514 g/mol. The minimum Gasteiger partial charge on any atom is -0.495 e. The maximum absolute atomic E-state index is 13.6. The predicted octanol–water partition coefficient (Wildman–Crippen LogP) is 5.47. The van der Waals surface area contributed by atoms with Gasteiger partial charge in [-0.3, -0.25) is 9.59 Å². The van der Waals surface area contributed by atoms with Crippen LogP contribution >= 0.6 is 0 Å². The van der Waals surface area contributed by atoms with Gasteiger partial charge in [0.2, 0.25) is 0 Å². The molecule has 8 heteroatoms. The van der Waals surface area contributed by atoms with Crippen molar-refractivity contribution >= 4 is 34.4 Å². The van der Waals surface area contributed by atoms with E-state index in [1.165, 1.54) is 0 Å². The summed E-state index contributed by atoms with van der Waals surface area (Å²) in [6, 6.07) is 28.8. The van der Waals surface area contributed by atoms with E-state index >= 15 is 0 Å². The van der Waals surface area contributed by atoms with Gasteiger partial charge >= 0.3 is 0 Å². The Kier molecular flexibility index (Phi) is 7.12. The van der Waals surface area contributed by atoms with E-state index in [4.69, 9.17) is 4.74 Å². The van der Waals surface area contributed by atoms with Crippen LogP contribution in [0.4, 0.5) is 17.2 Å². The first-order chi connectivity index (χ1) is 20.0. The van der Waals surface area contributed by atoms with Gasteiger partial charge in [-0.25, -0.2) is 4.98 Å². The van der Waals surface area contributed by atoms with Gasteiger partial charge in [-0.2, -0.15) is 0 Å². The molecule has 2 aromatic carbocycles. The number of methoxy groups -OCH3 is 1. The number of carbonyl (C=O) groups excluding carboxylic acids is 2. The Bertz CT molecular complexity index is 1720. The molecule has 4 heterocycles. The van der Waals surface area contributed by atoms with E-state index in [-0.39, 0.29) is 0 Å². The van der Waals surface area contributed by atoms with E-state index in [9.17, 15) is 9.59 Å². The number of ketones is 1. The second-order valence-corrected chi connectivity index (χ2v) is 10.0. The summed E-state index contributed by atoms with van der Waals surface area (Å²) in [5.74, 6) is 0.306. The molecule has 0 aliphatic carbocycles. The first kappa shape index (κ1) is 26.1. The minimum atomic E-state index is -0.708. The topological polar surface area (TPSA) is 79.2 Å². The summed E-state index contributed by atoms with van der Waals surface area (Å²) < 4.78 is 7.47. The second-order valence-electron chi connectivity index (χ2n) is 10.0. The number of fused-ring (bicyclic) bond motifs is 1. The molecule has 1 N–H and O–H groups in total. The first-order valence-corrected chi connectivity index (χ1v) is 13.6. The van der Waals surface area contributed by atoms with Crippen molar-refractivity contribution in [1.82, 2.24) is 9.38 Å². The fraction of sp³-hybridized carbons (Fsp3) is 0.182. The number of rotatable bonds is 7. The van der Waals surface area contributed by atoms with E-state index in [1.54, 1.807) is 23.8 Å². The van der Waals surface area contributed by atoms with Crippen molar-refractivity contribution in [3.8, 4) is 16.9 Å². The van der Waals surface area contributed by atoms with Crippen LogP contribution in [-0.4, -0.2) is 54.4 Å². The van der Waals surface area contributed by atoms with Gasteiger partial charge in [0, 0.05) is 60.9 Å². The monoisotopic (exact) mass is 545 g/mol. The Morgan fingerprint density at radius 2 is 1.59 bits per heavy atom. The lowest BCUT2D eigenvalue weighted by atomic mass is 10.0. The molecule has 0 radical (unpaired) electrons. The first-order valence-electron chi connectivity index (χ1n) is 13.6. The van der Waals surface area contributed by atoms with Crippen molar-refractivity contribution in [1.29, 1.82) is 0 Å². The molecule has 0 spiro atoms. The Morgan fingerprint density at radius 1 is 0.829 bits per heavy atom. The summed E-state index contributed by atoms with van der Waals surface area (Å²) in [6.45, 7) is 5.28. The number of anilines is 3. The lowest BCUT2D eigenvalue weighted by Crippen LogP contribution is -2.47. The Morgan fingerprint density at radius 3 is 2.34 bits per heavy atom. The van der Waals surface area contributed by atoms with Crippen LogP contribution in [-0.2, 0) is 4.79 Å². The Balaban J connectivity index is 1.20. The largest absolute Gasteiger partial charge is 0.495 e. The number of hydrogen-bond donors (Lipinski definition) is 1. The average Bonchev–Trinajstić information content (AvgIpc) is 3.41. The summed E-state index contributed by atoms with van der Waals surface area (Å²) in [6.07, 6.45) is 1.80.